The number of amides is 1. The fraction of sp³-hybridized carbons (Fsp3) is 0.320. The highest BCUT2D eigenvalue weighted by Gasteiger charge is 2.20. The summed E-state index contributed by atoms with van der Waals surface area (Å²) in [6.07, 6.45) is 3.75. The molecule has 34 heavy (non-hydrogen) atoms. The predicted molar refractivity (Wildman–Crippen MR) is 134 cm³/mol. The van der Waals surface area contributed by atoms with Gasteiger partial charge in [0.1, 0.15) is 16.5 Å². The van der Waals surface area contributed by atoms with E-state index in [0.717, 1.165) is 37.4 Å². The van der Waals surface area contributed by atoms with Crippen molar-refractivity contribution in [1.82, 2.24) is 14.9 Å². The molecule has 2 heterocycles. The summed E-state index contributed by atoms with van der Waals surface area (Å²) in [5.41, 5.74) is 2.64. The molecule has 1 amide bonds. The molecular weight excluding hydrogens is 454 g/mol. The van der Waals surface area contributed by atoms with E-state index < -0.39 is 0 Å². The molecule has 3 aromatic rings. The van der Waals surface area contributed by atoms with Crippen molar-refractivity contribution in [3.05, 3.63) is 59.2 Å². The molecule has 0 atom stereocenters. The number of carbonyl (C=O) groups is 1. The number of nitrogens with one attached hydrogen (secondary N) is 2. The van der Waals surface area contributed by atoms with Crippen molar-refractivity contribution in [2.24, 2.45) is 0 Å². The first-order valence-electron chi connectivity index (χ1n) is 11.1. The third kappa shape index (κ3) is 5.95. The van der Waals surface area contributed by atoms with E-state index in [-0.39, 0.29) is 16.8 Å². The van der Waals surface area contributed by atoms with Crippen LogP contribution in [-0.4, -0.2) is 48.0 Å². The van der Waals surface area contributed by atoms with Gasteiger partial charge in [0.05, 0.1) is 19.0 Å². The van der Waals surface area contributed by atoms with Crippen LogP contribution in [0.3, 0.4) is 0 Å². The van der Waals surface area contributed by atoms with E-state index in [1.54, 1.807) is 31.4 Å². The lowest BCUT2D eigenvalue weighted by molar-refractivity contribution is -0.114. The highest BCUT2D eigenvalue weighted by atomic mass is 35.5. The summed E-state index contributed by atoms with van der Waals surface area (Å²) in [4.78, 5) is 22.4. The topological polar surface area (TPSA) is 88.6 Å². The van der Waals surface area contributed by atoms with Crippen LogP contribution in [0.25, 0.3) is 0 Å². The van der Waals surface area contributed by atoms with Gasteiger partial charge in [-0.1, -0.05) is 23.7 Å². The van der Waals surface area contributed by atoms with E-state index in [2.05, 4.69) is 44.7 Å². The first kappa shape index (κ1) is 23.8. The minimum Gasteiger partial charge on any atom is -0.495 e. The highest BCUT2D eigenvalue weighted by molar-refractivity contribution is 6.31. The zero-order chi connectivity index (χ0) is 24.1. The quantitative estimate of drug-likeness (QED) is 0.464. The molecule has 0 saturated carbocycles. The molecule has 0 aliphatic carbocycles. The molecule has 0 bridgehead atoms. The molecule has 0 spiro atoms. The van der Waals surface area contributed by atoms with Crippen molar-refractivity contribution in [1.29, 1.82) is 0 Å². The molecule has 0 unspecified atom stereocenters. The Morgan fingerprint density at radius 1 is 1.18 bits per heavy atom. The van der Waals surface area contributed by atoms with E-state index in [0.29, 0.717) is 23.3 Å². The number of likely N-dealkylation sites (tertiary alicyclic amines) is 1. The number of piperidine rings is 1. The number of ether oxygens (including phenoxy) is 2. The van der Waals surface area contributed by atoms with Gasteiger partial charge in [-0.25, -0.2) is 4.98 Å². The predicted octanol–water partition coefficient (Wildman–Crippen LogP) is 5.44. The van der Waals surface area contributed by atoms with Crippen LogP contribution >= 0.6 is 11.6 Å². The van der Waals surface area contributed by atoms with E-state index in [1.165, 1.54) is 18.7 Å². The van der Waals surface area contributed by atoms with Crippen molar-refractivity contribution < 1.29 is 14.3 Å². The Balaban J connectivity index is 1.51. The molecule has 2 N–H and O–H groups in total. The third-order valence-electron chi connectivity index (χ3n) is 5.74. The van der Waals surface area contributed by atoms with Crippen LogP contribution in [0.2, 0.25) is 5.02 Å². The Morgan fingerprint density at radius 2 is 1.97 bits per heavy atom. The van der Waals surface area contributed by atoms with Crippen molar-refractivity contribution in [2.75, 3.05) is 37.9 Å². The van der Waals surface area contributed by atoms with Crippen LogP contribution in [0.1, 0.15) is 31.2 Å². The lowest BCUT2D eigenvalue weighted by Crippen LogP contribution is -2.29. The Labute approximate surface area is 204 Å². The standard InChI is InChI=1S/C25H28ClN5O3/c1-16(32)28-19-5-4-6-20(14-19)34-24-21(26)15-27-25(30-24)29-22-8-7-18(13-23(22)33-3)17-9-11-31(2)12-10-17/h4-8,13-15,17H,9-12H2,1-3H3,(H,28,32)(H,27,29,30). The summed E-state index contributed by atoms with van der Waals surface area (Å²) in [6, 6.07) is 13.2. The molecular formula is C25H28ClN5O3. The Hall–Kier alpha value is -3.36. The summed E-state index contributed by atoms with van der Waals surface area (Å²) >= 11 is 6.27. The molecule has 2 aromatic carbocycles. The minimum absolute atomic E-state index is 0.167. The maximum Gasteiger partial charge on any atom is 0.243 e. The Morgan fingerprint density at radius 3 is 2.71 bits per heavy atom. The van der Waals surface area contributed by atoms with E-state index in [9.17, 15) is 4.79 Å². The molecule has 1 fully saturated rings. The number of carbonyl (C=O) groups excluding carboxylic acids is 1. The van der Waals surface area contributed by atoms with Gasteiger partial charge in [0.15, 0.2) is 0 Å². The molecule has 1 aromatic heterocycles. The summed E-state index contributed by atoms with van der Waals surface area (Å²) in [7, 11) is 3.81. The smallest absolute Gasteiger partial charge is 0.243 e. The number of anilines is 3. The van der Waals surface area contributed by atoms with Crippen LogP contribution in [0.15, 0.2) is 48.7 Å². The maximum atomic E-state index is 11.3. The fourth-order valence-corrected chi connectivity index (χ4v) is 4.09. The summed E-state index contributed by atoms with van der Waals surface area (Å²) < 4.78 is 11.5. The molecule has 1 saturated heterocycles. The van der Waals surface area contributed by atoms with E-state index in [1.807, 2.05) is 6.07 Å². The van der Waals surface area contributed by atoms with Crippen LogP contribution in [0.4, 0.5) is 17.3 Å². The van der Waals surface area contributed by atoms with Crippen molar-refractivity contribution in [2.45, 2.75) is 25.7 Å². The fourth-order valence-electron chi connectivity index (χ4n) is 3.96. The second-order valence-electron chi connectivity index (χ2n) is 8.32. The van der Waals surface area contributed by atoms with Gasteiger partial charge in [-0.05, 0) is 68.7 Å². The molecule has 4 rings (SSSR count). The third-order valence-corrected chi connectivity index (χ3v) is 6.00. The molecule has 1 aliphatic rings. The average Bonchev–Trinajstić information content (AvgIpc) is 2.82. The number of hydrogen-bond acceptors (Lipinski definition) is 7. The molecule has 8 nitrogen and oxygen atoms in total. The normalized spacial score (nSPS) is 14.5. The van der Waals surface area contributed by atoms with Crippen LogP contribution in [0.5, 0.6) is 17.4 Å². The van der Waals surface area contributed by atoms with Crippen molar-refractivity contribution >= 4 is 34.8 Å². The largest absolute Gasteiger partial charge is 0.495 e. The van der Waals surface area contributed by atoms with Gasteiger partial charge in [-0.15, -0.1) is 0 Å². The van der Waals surface area contributed by atoms with Crippen LogP contribution in [0, 0.1) is 0 Å². The Kier molecular flexibility index (Phi) is 7.49. The lowest BCUT2D eigenvalue weighted by Gasteiger charge is -2.29. The number of nitrogens with zero attached hydrogens (tertiary/aromatic N) is 3. The number of halogens is 1. The second kappa shape index (κ2) is 10.7. The van der Waals surface area contributed by atoms with E-state index >= 15 is 0 Å². The molecule has 1 aliphatic heterocycles. The number of aromatic nitrogens is 2. The highest BCUT2D eigenvalue weighted by Crippen LogP contribution is 2.35. The van der Waals surface area contributed by atoms with Crippen LogP contribution in [-0.2, 0) is 4.79 Å². The van der Waals surface area contributed by atoms with Gasteiger partial charge in [-0.3, -0.25) is 4.79 Å². The lowest BCUT2D eigenvalue weighted by atomic mass is 9.89. The SMILES string of the molecule is COc1cc(C2CCN(C)CC2)ccc1Nc1ncc(Cl)c(Oc2cccc(NC(C)=O)c2)n1. The first-order chi connectivity index (χ1) is 16.4. The summed E-state index contributed by atoms with van der Waals surface area (Å²) in [5.74, 6) is 2.08. The maximum absolute atomic E-state index is 11.3. The van der Waals surface area contributed by atoms with Gasteiger partial charge >= 0.3 is 0 Å². The zero-order valence-electron chi connectivity index (χ0n) is 19.5. The summed E-state index contributed by atoms with van der Waals surface area (Å²) in [5, 5.41) is 6.18. The molecule has 9 heteroatoms. The van der Waals surface area contributed by atoms with Gasteiger partial charge in [0.2, 0.25) is 17.7 Å². The number of benzene rings is 2. The number of rotatable bonds is 7. The van der Waals surface area contributed by atoms with Gasteiger partial charge in [0, 0.05) is 18.7 Å². The van der Waals surface area contributed by atoms with Crippen molar-refractivity contribution in [3.63, 3.8) is 0 Å². The first-order valence-corrected chi connectivity index (χ1v) is 11.5. The number of methoxy groups -OCH3 is 1. The molecule has 0 radical (unpaired) electrons. The van der Waals surface area contributed by atoms with Gasteiger partial charge < -0.3 is 25.0 Å². The van der Waals surface area contributed by atoms with Crippen LogP contribution < -0.4 is 20.1 Å². The average molecular weight is 482 g/mol. The second-order valence-corrected chi connectivity index (χ2v) is 8.73. The van der Waals surface area contributed by atoms with E-state index in [4.69, 9.17) is 21.1 Å². The minimum atomic E-state index is -0.167. The van der Waals surface area contributed by atoms with Gasteiger partial charge in [0.25, 0.3) is 0 Å². The molecule has 178 valence electrons. The zero-order valence-corrected chi connectivity index (χ0v) is 20.2. The Bertz CT molecular complexity index is 1170. The monoisotopic (exact) mass is 481 g/mol. The van der Waals surface area contributed by atoms with Crippen molar-refractivity contribution in [3.8, 4) is 17.4 Å². The number of hydrogen-bond donors (Lipinski definition) is 2. The van der Waals surface area contributed by atoms with Gasteiger partial charge in [-0.2, -0.15) is 4.98 Å². The summed E-state index contributed by atoms with van der Waals surface area (Å²) in [6.45, 7) is 3.64.